The SMILES string of the molecule is CNC(Cc1cccc(Cl)c1Cl)C1(C)CCCO1. The first-order valence-electron chi connectivity index (χ1n) is 6.31. The molecule has 2 nitrogen and oxygen atoms in total. The molecule has 1 N–H and O–H groups in total. The Morgan fingerprint density at radius 1 is 1.44 bits per heavy atom. The van der Waals surface area contributed by atoms with Gasteiger partial charge in [-0.05, 0) is 44.9 Å². The number of benzene rings is 1. The first kappa shape index (κ1) is 14.1. The summed E-state index contributed by atoms with van der Waals surface area (Å²) >= 11 is 12.3. The molecule has 1 heterocycles. The van der Waals surface area contributed by atoms with E-state index in [-0.39, 0.29) is 11.6 Å². The van der Waals surface area contributed by atoms with E-state index in [1.54, 1.807) is 0 Å². The molecule has 0 aliphatic carbocycles. The number of likely N-dealkylation sites (N-methyl/N-ethyl adjacent to an activating group) is 1. The minimum atomic E-state index is -0.111. The summed E-state index contributed by atoms with van der Waals surface area (Å²) in [6.07, 6.45) is 3.03. The van der Waals surface area contributed by atoms with Crippen LogP contribution in [-0.4, -0.2) is 25.3 Å². The topological polar surface area (TPSA) is 21.3 Å². The van der Waals surface area contributed by atoms with Crippen molar-refractivity contribution in [2.45, 2.75) is 37.8 Å². The third-order valence-corrected chi connectivity index (χ3v) is 4.65. The van der Waals surface area contributed by atoms with Gasteiger partial charge in [-0.25, -0.2) is 0 Å². The van der Waals surface area contributed by atoms with Gasteiger partial charge in [-0.3, -0.25) is 0 Å². The average molecular weight is 288 g/mol. The van der Waals surface area contributed by atoms with Crippen LogP contribution < -0.4 is 5.32 Å². The Labute approximate surface area is 119 Å². The number of hydrogen-bond donors (Lipinski definition) is 1. The van der Waals surface area contributed by atoms with Gasteiger partial charge in [0.2, 0.25) is 0 Å². The van der Waals surface area contributed by atoms with Gasteiger partial charge in [0.1, 0.15) is 0 Å². The average Bonchev–Trinajstić information content (AvgIpc) is 2.79. The molecule has 0 saturated carbocycles. The Bertz CT molecular complexity index is 416. The minimum Gasteiger partial charge on any atom is -0.374 e. The predicted octanol–water partition coefficient (Wildman–Crippen LogP) is 3.69. The Hall–Kier alpha value is -0.280. The van der Waals surface area contributed by atoms with Crippen LogP contribution in [0.25, 0.3) is 0 Å². The van der Waals surface area contributed by atoms with Crippen LogP contribution in [0.15, 0.2) is 18.2 Å². The van der Waals surface area contributed by atoms with Crippen molar-refractivity contribution in [3.63, 3.8) is 0 Å². The molecule has 1 aliphatic heterocycles. The molecule has 0 spiro atoms. The third kappa shape index (κ3) is 2.83. The van der Waals surface area contributed by atoms with Crippen LogP contribution >= 0.6 is 23.2 Å². The maximum Gasteiger partial charge on any atom is 0.0810 e. The van der Waals surface area contributed by atoms with Crippen LogP contribution in [0.1, 0.15) is 25.3 Å². The van der Waals surface area contributed by atoms with E-state index < -0.39 is 0 Å². The van der Waals surface area contributed by atoms with Gasteiger partial charge in [-0.1, -0.05) is 35.3 Å². The van der Waals surface area contributed by atoms with Gasteiger partial charge in [0.05, 0.1) is 15.6 Å². The highest BCUT2D eigenvalue weighted by atomic mass is 35.5. The Morgan fingerprint density at radius 2 is 2.22 bits per heavy atom. The summed E-state index contributed by atoms with van der Waals surface area (Å²) in [5.41, 5.74) is 0.959. The summed E-state index contributed by atoms with van der Waals surface area (Å²) in [4.78, 5) is 0. The van der Waals surface area contributed by atoms with E-state index in [1.807, 2.05) is 25.2 Å². The number of hydrogen-bond acceptors (Lipinski definition) is 2. The first-order chi connectivity index (χ1) is 8.57. The predicted molar refractivity (Wildman–Crippen MR) is 76.6 cm³/mol. The second-order valence-corrected chi connectivity index (χ2v) is 5.81. The molecule has 1 aliphatic rings. The smallest absolute Gasteiger partial charge is 0.0810 e. The highest BCUT2D eigenvalue weighted by Gasteiger charge is 2.37. The Kier molecular flexibility index (Phi) is 4.54. The lowest BCUT2D eigenvalue weighted by molar-refractivity contribution is -0.00942. The maximum absolute atomic E-state index is 6.25. The van der Waals surface area contributed by atoms with E-state index >= 15 is 0 Å². The van der Waals surface area contributed by atoms with Crippen LogP contribution in [0, 0.1) is 0 Å². The van der Waals surface area contributed by atoms with Crippen LogP contribution in [0.2, 0.25) is 10.0 Å². The standard InChI is InChI=1S/C14H19Cl2NO/c1-14(7-4-8-18-14)12(17-2)9-10-5-3-6-11(15)13(10)16/h3,5-6,12,17H,4,7-9H2,1-2H3. The lowest BCUT2D eigenvalue weighted by Crippen LogP contribution is -2.48. The molecule has 2 unspecified atom stereocenters. The molecule has 1 fully saturated rings. The maximum atomic E-state index is 6.25. The molecule has 2 rings (SSSR count). The van der Waals surface area contributed by atoms with Gasteiger partial charge < -0.3 is 10.1 Å². The minimum absolute atomic E-state index is 0.111. The molecule has 100 valence electrons. The molecular weight excluding hydrogens is 269 g/mol. The molecule has 4 heteroatoms. The van der Waals surface area contributed by atoms with Crippen molar-refractivity contribution in [1.82, 2.24) is 5.32 Å². The summed E-state index contributed by atoms with van der Waals surface area (Å²) in [6.45, 7) is 3.01. The fourth-order valence-corrected chi connectivity index (χ4v) is 3.02. The fourth-order valence-electron chi connectivity index (χ4n) is 2.62. The summed E-state index contributed by atoms with van der Waals surface area (Å²) in [7, 11) is 1.97. The second kappa shape index (κ2) is 5.79. The molecule has 0 amide bonds. The summed E-state index contributed by atoms with van der Waals surface area (Å²) < 4.78 is 5.90. The van der Waals surface area contributed by atoms with Gasteiger partial charge in [0.15, 0.2) is 0 Å². The molecule has 1 aromatic carbocycles. The van der Waals surface area contributed by atoms with E-state index in [0.717, 1.165) is 31.4 Å². The van der Waals surface area contributed by atoms with Gasteiger partial charge in [-0.2, -0.15) is 0 Å². The van der Waals surface area contributed by atoms with Crippen molar-refractivity contribution in [3.8, 4) is 0 Å². The normalized spacial score (nSPS) is 25.3. The van der Waals surface area contributed by atoms with Crippen molar-refractivity contribution in [2.24, 2.45) is 0 Å². The van der Waals surface area contributed by atoms with Crippen LogP contribution in [0.3, 0.4) is 0 Å². The molecule has 0 aromatic heterocycles. The Balaban J connectivity index is 2.17. The zero-order valence-corrected chi connectivity index (χ0v) is 12.3. The summed E-state index contributed by atoms with van der Waals surface area (Å²) in [6, 6.07) is 6.02. The van der Waals surface area contributed by atoms with Crippen molar-refractivity contribution in [2.75, 3.05) is 13.7 Å². The Morgan fingerprint density at radius 3 is 2.83 bits per heavy atom. The van der Waals surface area contributed by atoms with E-state index in [2.05, 4.69) is 12.2 Å². The quantitative estimate of drug-likeness (QED) is 0.912. The first-order valence-corrected chi connectivity index (χ1v) is 7.06. The monoisotopic (exact) mass is 287 g/mol. The van der Waals surface area contributed by atoms with Crippen molar-refractivity contribution >= 4 is 23.2 Å². The second-order valence-electron chi connectivity index (χ2n) is 5.02. The van der Waals surface area contributed by atoms with Gasteiger partial charge in [0.25, 0.3) is 0 Å². The van der Waals surface area contributed by atoms with Crippen molar-refractivity contribution in [1.29, 1.82) is 0 Å². The lowest BCUT2D eigenvalue weighted by atomic mass is 9.88. The van der Waals surface area contributed by atoms with Gasteiger partial charge in [-0.15, -0.1) is 0 Å². The molecule has 1 aromatic rings. The zero-order chi connectivity index (χ0) is 13.2. The number of halogens is 2. The molecule has 2 atom stereocenters. The highest BCUT2D eigenvalue weighted by Crippen LogP contribution is 2.33. The number of nitrogens with one attached hydrogen (secondary N) is 1. The van der Waals surface area contributed by atoms with Gasteiger partial charge in [0, 0.05) is 12.6 Å². The lowest BCUT2D eigenvalue weighted by Gasteiger charge is -2.33. The molecule has 0 radical (unpaired) electrons. The fraction of sp³-hybridized carbons (Fsp3) is 0.571. The zero-order valence-electron chi connectivity index (χ0n) is 10.8. The van der Waals surface area contributed by atoms with E-state index in [1.165, 1.54) is 0 Å². The molecule has 0 bridgehead atoms. The van der Waals surface area contributed by atoms with E-state index in [9.17, 15) is 0 Å². The molecule has 18 heavy (non-hydrogen) atoms. The molecule has 1 saturated heterocycles. The number of rotatable bonds is 4. The summed E-state index contributed by atoms with van der Waals surface area (Å²) in [5, 5.41) is 4.62. The largest absolute Gasteiger partial charge is 0.374 e. The van der Waals surface area contributed by atoms with Crippen molar-refractivity contribution < 1.29 is 4.74 Å². The van der Waals surface area contributed by atoms with Crippen LogP contribution in [-0.2, 0) is 11.2 Å². The van der Waals surface area contributed by atoms with E-state index in [0.29, 0.717) is 10.0 Å². The van der Waals surface area contributed by atoms with Crippen LogP contribution in [0.4, 0.5) is 0 Å². The van der Waals surface area contributed by atoms with Gasteiger partial charge >= 0.3 is 0 Å². The summed E-state index contributed by atoms with van der Waals surface area (Å²) in [5.74, 6) is 0. The molecular formula is C14H19Cl2NO. The van der Waals surface area contributed by atoms with E-state index in [4.69, 9.17) is 27.9 Å². The van der Waals surface area contributed by atoms with Crippen LogP contribution in [0.5, 0.6) is 0 Å². The number of ether oxygens (including phenoxy) is 1. The highest BCUT2D eigenvalue weighted by molar-refractivity contribution is 6.42. The third-order valence-electron chi connectivity index (χ3n) is 3.79. The van der Waals surface area contributed by atoms with Crippen molar-refractivity contribution in [3.05, 3.63) is 33.8 Å².